The molecular weight excluding hydrogens is 386 g/mol. The predicted molar refractivity (Wildman–Crippen MR) is 106 cm³/mol. The van der Waals surface area contributed by atoms with E-state index in [9.17, 15) is 13.2 Å². The minimum Gasteiger partial charge on any atom is -0.353 e. The highest BCUT2D eigenvalue weighted by Gasteiger charge is 2.28. The molecule has 1 saturated carbocycles. The van der Waals surface area contributed by atoms with Gasteiger partial charge in [0.15, 0.2) is 0 Å². The number of nitrogens with one attached hydrogen (secondary N) is 1. The normalized spacial score (nSPS) is 20.5. The van der Waals surface area contributed by atoms with Gasteiger partial charge >= 0.3 is 0 Å². The topological polar surface area (TPSA) is 69.7 Å². The van der Waals surface area contributed by atoms with Crippen molar-refractivity contribution < 1.29 is 13.2 Å². The fourth-order valence-corrected chi connectivity index (χ4v) is 5.50. The third-order valence-corrected chi connectivity index (χ3v) is 7.52. The minimum absolute atomic E-state index is 0.107. The molecule has 1 aromatic rings. The molecule has 1 amide bonds. The van der Waals surface area contributed by atoms with Crippen molar-refractivity contribution in [2.24, 2.45) is 0 Å². The standard InChI is InChI=1S/C19H28ClN3O3S/c20-16-5-4-8-18(15-16)27(25,26)23-13-11-22(12-14-23)10-9-19(24)21-17-6-2-1-3-7-17/h4-5,8,15,17H,1-3,6-7,9-14H2,(H,21,24). The maximum absolute atomic E-state index is 12.7. The maximum atomic E-state index is 12.7. The Kier molecular flexibility index (Phi) is 7.14. The van der Waals surface area contributed by atoms with E-state index in [2.05, 4.69) is 10.2 Å². The maximum Gasteiger partial charge on any atom is 0.243 e. The lowest BCUT2D eigenvalue weighted by Crippen LogP contribution is -2.49. The zero-order valence-electron chi connectivity index (χ0n) is 15.6. The second-order valence-electron chi connectivity index (χ2n) is 7.36. The quantitative estimate of drug-likeness (QED) is 0.777. The van der Waals surface area contributed by atoms with Crippen LogP contribution in [0.25, 0.3) is 0 Å². The van der Waals surface area contributed by atoms with E-state index >= 15 is 0 Å². The van der Waals surface area contributed by atoms with E-state index in [1.807, 2.05) is 0 Å². The van der Waals surface area contributed by atoms with Crippen molar-refractivity contribution in [2.45, 2.75) is 49.5 Å². The summed E-state index contributed by atoms with van der Waals surface area (Å²) in [5.41, 5.74) is 0. The van der Waals surface area contributed by atoms with E-state index in [-0.39, 0.29) is 10.8 Å². The summed E-state index contributed by atoms with van der Waals surface area (Å²) in [6, 6.07) is 6.71. The lowest BCUT2D eigenvalue weighted by molar-refractivity contribution is -0.122. The van der Waals surface area contributed by atoms with Gasteiger partial charge in [-0.25, -0.2) is 8.42 Å². The van der Waals surface area contributed by atoms with Crippen LogP contribution in [0.2, 0.25) is 5.02 Å². The van der Waals surface area contributed by atoms with Gasteiger partial charge in [-0.05, 0) is 31.0 Å². The van der Waals surface area contributed by atoms with Gasteiger partial charge in [-0.2, -0.15) is 4.31 Å². The Bertz CT molecular complexity index is 742. The van der Waals surface area contributed by atoms with Gasteiger partial charge < -0.3 is 10.2 Å². The molecule has 0 aromatic heterocycles. The van der Waals surface area contributed by atoms with Crippen LogP contribution in [0, 0.1) is 0 Å². The SMILES string of the molecule is O=C(CCN1CCN(S(=O)(=O)c2cccc(Cl)c2)CC1)NC1CCCCC1. The first kappa shape index (κ1) is 20.6. The number of amides is 1. The number of nitrogens with zero attached hydrogens (tertiary/aromatic N) is 2. The van der Waals surface area contributed by atoms with E-state index in [1.165, 1.54) is 29.6 Å². The molecule has 8 heteroatoms. The van der Waals surface area contributed by atoms with Crippen molar-refractivity contribution in [1.82, 2.24) is 14.5 Å². The van der Waals surface area contributed by atoms with Gasteiger partial charge in [0.05, 0.1) is 4.90 Å². The van der Waals surface area contributed by atoms with Crippen LogP contribution in [-0.2, 0) is 14.8 Å². The van der Waals surface area contributed by atoms with Crippen LogP contribution in [0.15, 0.2) is 29.2 Å². The van der Waals surface area contributed by atoms with E-state index < -0.39 is 10.0 Å². The molecule has 1 N–H and O–H groups in total. The summed E-state index contributed by atoms with van der Waals surface area (Å²) in [5, 5.41) is 3.55. The van der Waals surface area contributed by atoms with Crippen LogP contribution in [-0.4, -0.2) is 62.3 Å². The van der Waals surface area contributed by atoms with Gasteiger partial charge in [0.25, 0.3) is 0 Å². The number of piperazine rings is 1. The molecule has 6 nitrogen and oxygen atoms in total. The smallest absolute Gasteiger partial charge is 0.243 e. The van der Waals surface area contributed by atoms with E-state index in [0.717, 1.165) is 12.8 Å². The first-order valence-electron chi connectivity index (χ1n) is 9.72. The summed E-state index contributed by atoms with van der Waals surface area (Å²) >= 11 is 5.92. The fraction of sp³-hybridized carbons (Fsp3) is 0.632. The molecule has 1 saturated heterocycles. The summed E-state index contributed by atoms with van der Waals surface area (Å²) in [5.74, 6) is 0.107. The van der Waals surface area contributed by atoms with E-state index in [0.29, 0.717) is 50.2 Å². The Morgan fingerprint density at radius 3 is 2.48 bits per heavy atom. The van der Waals surface area contributed by atoms with Gasteiger partial charge in [0.1, 0.15) is 0 Å². The molecule has 0 bridgehead atoms. The minimum atomic E-state index is -3.52. The van der Waals surface area contributed by atoms with Crippen molar-refractivity contribution in [3.8, 4) is 0 Å². The van der Waals surface area contributed by atoms with E-state index in [1.54, 1.807) is 18.2 Å². The van der Waals surface area contributed by atoms with Gasteiger partial charge in [-0.1, -0.05) is 36.9 Å². The summed E-state index contributed by atoms with van der Waals surface area (Å²) in [6.45, 7) is 2.80. The summed E-state index contributed by atoms with van der Waals surface area (Å²) in [7, 11) is -3.52. The number of hydrogen-bond donors (Lipinski definition) is 1. The van der Waals surface area contributed by atoms with Crippen LogP contribution < -0.4 is 5.32 Å². The number of hydrogen-bond acceptors (Lipinski definition) is 4. The third kappa shape index (κ3) is 5.67. The van der Waals surface area contributed by atoms with Crippen LogP contribution in [0.5, 0.6) is 0 Å². The summed E-state index contributed by atoms with van der Waals surface area (Å²) in [6.07, 6.45) is 6.33. The van der Waals surface area contributed by atoms with Gasteiger partial charge in [0.2, 0.25) is 15.9 Å². The van der Waals surface area contributed by atoms with E-state index in [4.69, 9.17) is 11.6 Å². The molecule has 1 aliphatic carbocycles. The molecule has 2 aliphatic rings. The molecule has 0 radical (unpaired) electrons. The average Bonchev–Trinajstić information content (AvgIpc) is 2.67. The number of carbonyl (C=O) groups is 1. The molecule has 0 atom stereocenters. The molecule has 1 aromatic carbocycles. The monoisotopic (exact) mass is 413 g/mol. The molecule has 0 unspecified atom stereocenters. The Hall–Kier alpha value is -1.15. The first-order chi connectivity index (χ1) is 12.9. The lowest BCUT2D eigenvalue weighted by Gasteiger charge is -2.34. The Labute approximate surface area is 166 Å². The van der Waals surface area contributed by atoms with Crippen molar-refractivity contribution in [3.63, 3.8) is 0 Å². The highest BCUT2D eigenvalue weighted by atomic mass is 35.5. The fourth-order valence-electron chi connectivity index (χ4n) is 3.78. The van der Waals surface area contributed by atoms with Crippen LogP contribution in [0.3, 0.4) is 0 Å². The predicted octanol–water partition coefficient (Wildman–Crippen LogP) is 2.49. The Morgan fingerprint density at radius 2 is 1.81 bits per heavy atom. The number of halogens is 1. The van der Waals surface area contributed by atoms with Crippen molar-refractivity contribution in [2.75, 3.05) is 32.7 Å². The molecular formula is C19H28ClN3O3S. The largest absolute Gasteiger partial charge is 0.353 e. The first-order valence-corrected chi connectivity index (χ1v) is 11.5. The van der Waals surface area contributed by atoms with Gasteiger partial charge in [-0.3, -0.25) is 4.79 Å². The lowest BCUT2D eigenvalue weighted by atomic mass is 9.95. The van der Waals surface area contributed by atoms with Crippen LogP contribution >= 0.6 is 11.6 Å². The molecule has 1 heterocycles. The van der Waals surface area contributed by atoms with Crippen molar-refractivity contribution in [1.29, 1.82) is 0 Å². The molecule has 27 heavy (non-hydrogen) atoms. The van der Waals surface area contributed by atoms with Crippen LogP contribution in [0.1, 0.15) is 38.5 Å². The molecule has 150 valence electrons. The number of sulfonamides is 1. The molecule has 2 fully saturated rings. The number of rotatable bonds is 6. The zero-order chi connectivity index (χ0) is 19.3. The highest BCUT2D eigenvalue weighted by molar-refractivity contribution is 7.89. The highest BCUT2D eigenvalue weighted by Crippen LogP contribution is 2.21. The van der Waals surface area contributed by atoms with Crippen LogP contribution in [0.4, 0.5) is 0 Å². The molecule has 0 spiro atoms. The molecule has 3 rings (SSSR count). The van der Waals surface area contributed by atoms with Gasteiger partial charge in [-0.15, -0.1) is 0 Å². The zero-order valence-corrected chi connectivity index (χ0v) is 17.1. The summed E-state index contributed by atoms with van der Waals surface area (Å²) < 4.78 is 26.9. The van der Waals surface area contributed by atoms with Crippen molar-refractivity contribution in [3.05, 3.63) is 29.3 Å². The number of carbonyl (C=O) groups excluding carboxylic acids is 1. The second-order valence-corrected chi connectivity index (χ2v) is 9.73. The Morgan fingerprint density at radius 1 is 1.11 bits per heavy atom. The second kappa shape index (κ2) is 9.37. The van der Waals surface area contributed by atoms with Crippen molar-refractivity contribution >= 4 is 27.5 Å². The molecule has 1 aliphatic heterocycles. The summed E-state index contributed by atoms with van der Waals surface area (Å²) in [4.78, 5) is 14.5. The number of benzene rings is 1. The Balaban J connectivity index is 1.44. The third-order valence-electron chi connectivity index (χ3n) is 5.39. The average molecular weight is 414 g/mol. The van der Waals surface area contributed by atoms with Gasteiger partial charge in [0, 0.05) is 50.2 Å².